The number of azo groups is 2. The monoisotopic (exact) mass is 288 g/mol. The summed E-state index contributed by atoms with van der Waals surface area (Å²) < 4.78 is 41.3. The minimum atomic E-state index is -4.94. The number of nitrogens with zero attached hydrogens (tertiary/aromatic N) is 2. The molecule has 1 unspecified atom stereocenters. The molecule has 19 heavy (non-hydrogen) atoms. The zero-order chi connectivity index (χ0) is 14.3. The molecule has 0 amide bonds. The summed E-state index contributed by atoms with van der Waals surface area (Å²) in [6, 6.07) is 10.1. The molecule has 1 aromatic rings. The smallest absolute Gasteiger partial charge is 0.352 e. The number of benzene rings is 1. The van der Waals surface area contributed by atoms with Crippen molar-refractivity contribution in [3.63, 3.8) is 0 Å². The molecule has 1 aliphatic heterocycles. The fraction of sp³-hybridized carbons (Fsp3) is 0.273. The molecule has 7 nitrogen and oxygen atoms in total. The van der Waals surface area contributed by atoms with Gasteiger partial charge >= 0.3 is 6.23 Å². The van der Waals surface area contributed by atoms with Gasteiger partial charge < -0.3 is 4.74 Å². The Bertz CT molecular complexity index is 438. The van der Waals surface area contributed by atoms with Crippen molar-refractivity contribution < 1.29 is 38.3 Å². The first-order chi connectivity index (χ1) is 8.92. The first kappa shape index (κ1) is 15.5. The Kier molecular flexibility index (Phi) is 5.87. The van der Waals surface area contributed by atoms with Gasteiger partial charge in [0, 0.05) is 0 Å². The molecule has 2 rings (SSSR count). The summed E-state index contributed by atoms with van der Waals surface area (Å²) in [5.41, 5.74) is 1.12. The van der Waals surface area contributed by atoms with Crippen molar-refractivity contribution in [1.82, 2.24) is 0 Å². The molecule has 0 spiro atoms. The average Bonchev–Trinajstić information content (AvgIpc) is 2.77. The lowest BCUT2D eigenvalue weighted by Gasteiger charge is -2.17. The zero-order valence-electron chi connectivity index (χ0n) is 10.1. The Hall–Kier alpha value is -1.51. The Morgan fingerprint density at radius 2 is 1.79 bits per heavy atom. The van der Waals surface area contributed by atoms with Crippen molar-refractivity contribution in [2.24, 2.45) is 5.11 Å². The van der Waals surface area contributed by atoms with E-state index in [4.69, 9.17) is 23.4 Å². The zero-order valence-corrected chi connectivity index (χ0v) is 10.9. The maximum absolute atomic E-state index is 8.49. The third-order valence-electron chi connectivity index (χ3n) is 2.05. The van der Waals surface area contributed by atoms with Crippen LogP contribution in [0.2, 0.25) is 0 Å². The van der Waals surface area contributed by atoms with E-state index in [1.165, 1.54) is 0 Å². The molecule has 8 heteroatoms. The molecule has 0 saturated heterocycles. The molecule has 0 aromatic heterocycles. The van der Waals surface area contributed by atoms with E-state index in [9.17, 15) is 0 Å². The lowest BCUT2D eigenvalue weighted by Crippen LogP contribution is -2.68. The van der Waals surface area contributed by atoms with Crippen LogP contribution in [0.3, 0.4) is 0 Å². The molecule has 1 heterocycles. The summed E-state index contributed by atoms with van der Waals surface area (Å²) in [5, 5.41) is 4.30. The average molecular weight is 289 g/mol. The molecule has 0 saturated carbocycles. The van der Waals surface area contributed by atoms with Gasteiger partial charge in [0.25, 0.3) is 0 Å². The van der Waals surface area contributed by atoms with Crippen LogP contribution in [0.4, 0.5) is 0 Å². The van der Waals surface area contributed by atoms with Gasteiger partial charge in [0.2, 0.25) is 6.20 Å². The van der Waals surface area contributed by atoms with Crippen molar-refractivity contribution in [3.05, 3.63) is 48.4 Å². The van der Waals surface area contributed by atoms with Crippen LogP contribution in [0.5, 0.6) is 0 Å². The van der Waals surface area contributed by atoms with Gasteiger partial charge in [-0.3, -0.25) is 0 Å². The predicted octanol–water partition coefficient (Wildman–Crippen LogP) is -2.08. The van der Waals surface area contributed by atoms with E-state index in [1.807, 2.05) is 48.2 Å². The van der Waals surface area contributed by atoms with Crippen LogP contribution in [0.15, 0.2) is 47.9 Å². The van der Waals surface area contributed by atoms with Crippen molar-refractivity contribution in [2.45, 2.75) is 13.2 Å². The maximum atomic E-state index is 8.49. The Morgan fingerprint density at radius 1 is 1.21 bits per heavy atom. The summed E-state index contributed by atoms with van der Waals surface area (Å²) in [4.78, 5) is 0. The van der Waals surface area contributed by atoms with Crippen LogP contribution >= 0.6 is 0 Å². The molecule has 0 radical (unpaired) electrons. The van der Waals surface area contributed by atoms with Gasteiger partial charge in [-0.25, -0.2) is 18.6 Å². The van der Waals surface area contributed by atoms with E-state index in [0.717, 1.165) is 12.1 Å². The number of hydrogen-bond acceptors (Lipinski definition) is 6. The lowest BCUT2D eigenvalue weighted by atomic mass is 10.2. The van der Waals surface area contributed by atoms with E-state index in [-0.39, 0.29) is 6.23 Å². The van der Waals surface area contributed by atoms with Gasteiger partial charge in [0.15, 0.2) is 6.26 Å². The normalized spacial score (nSPS) is 19.8. The van der Waals surface area contributed by atoms with E-state index in [0.29, 0.717) is 0 Å². The molecule has 0 aliphatic carbocycles. The van der Waals surface area contributed by atoms with Crippen LogP contribution in [0.25, 0.3) is 0 Å². The van der Waals surface area contributed by atoms with Gasteiger partial charge in [0.05, 0.1) is 12.1 Å². The van der Waals surface area contributed by atoms with E-state index in [1.54, 1.807) is 6.26 Å². The van der Waals surface area contributed by atoms with Gasteiger partial charge in [-0.2, -0.15) is 0 Å². The van der Waals surface area contributed by atoms with Crippen molar-refractivity contribution >= 4 is 0 Å². The van der Waals surface area contributed by atoms with Crippen LogP contribution in [-0.2, 0) is 4.74 Å². The highest BCUT2D eigenvalue weighted by Gasteiger charge is 2.28. The van der Waals surface area contributed by atoms with Gasteiger partial charge in [-0.1, -0.05) is 18.2 Å². The topological polar surface area (TPSA) is 117 Å². The molecule has 1 aliphatic rings. The quantitative estimate of drug-likeness (QED) is 0.579. The lowest BCUT2D eigenvalue weighted by molar-refractivity contribution is -2.00. The van der Waals surface area contributed by atoms with Crippen molar-refractivity contribution in [2.75, 3.05) is 6.54 Å². The number of halogens is 1. The molecular weight excluding hydrogens is 276 g/mol. The first-order valence-corrected chi connectivity index (χ1v) is 6.60. The SMILES string of the molecule is CCN=[N+]1C=COC1c1ccccc1.[O-][Cl+3]([O-])([O-])[O-]. The third kappa shape index (κ3) is 6.27. The third-order valence-corrected chi connectivity index (χ3v) is 2.05. The molecular formula is C11H13ClN2O5. The molecule has 1 aromatic carbocycles. The van der Waals surface area contributed by atoms with Crippen molar-refractivity contribution in [3.8, 4) is 0 Å². The highest BCUT2D eigenvalue weighted by atomic mass is 35.7. The number of rotatable bonds is 2. The van der Waals surface area contributed by atoms with E-state index >= 15 is 0 Å². The first-order valence-electron chi connectivity index (χ1n) is 5.36. The van der Waals surface area contributed by atoms with Crippen LogP contribution in [0.1, 0.15) is 18.7 Å². The van der Waals surface area contributed by atoms with Crippen LogP contribution in [-0.4, -0.2) is 11.2 Å². The molecule has 0 bridgehead atoms. The largest absolute Gasteiger partial charge is 0.430 e. The van der Waals surface area contributed by atoms with E-state index < -0.39 is 10.2 Å². The fourth-order valence-electron chi connectivity index (χ4n) is 1.45. The highest BCUT2D eigenvalue weighted by Crippen LogP contribution is 2.23. The minimum Gasteiger partial charge on any atom is -0.430 e. The summed E-state index contributed by atoms with van der Waals surface area (Å²) in [6.07, 6.45) is 3.44. The minimum absolute atomic E-state index is 0.0869. The summed E-state index contributed by atoms with van der Waals surface area (Å²) in [7, 11) is -4.94. The van der Waals surface area contributed by atoms with Gasteiger partial charge in [0.1, 0.15) is 0 Å². The Morgan fingerprint density at radius 3 is 2.32 bits per heavy atom. The molecule has 0 N–H and O–H groups in total. The number of ether oxygens (including phenoxy) is 1. The predicted molar refractivity (Wildman–Crippen MR) is 52.6 cm³/mol. The van der Waals surface area contributed by atoms with Crippen molar-refractivity contribution in [1.29, 1.82) is 0 Å². The fourth-order valence-corrected chi connectivity index (χ4v) is 1.45. The van der Waals surface area contributed by atoms with E-state index in [2.05, 4.69) is 5.11 Å². The second-order valence-electron chi connectivity index (χ2n) is 3.40. The molecule has 1 atom stereocenters. The van der Waals surface area contributed by atoms with Gasteiger partial charge in [-0.05, 0) is 28.9 Å². The second-order valence-corrected chi connectivity index (χ2v) is 4.16. The molecule has 104 valence electrons. The highest BCUT2D eigenvalue weighted by molar-refractivity contribution is 5.16. The van der Waals surface area contributed by atoms with Crippen LogP contribution < -0.4 is 18.6 Å². The standard InChI is InChI=1S/C11H13N2O.ClHO4/c1-2-12-13-8-9-14-11(13)10-6-4-3-5-7-10;2-1(3,4)5/h3-9,11H,2H2,1H3;(H,2,3,4,5)/q+1;/p-1. The Balaban J connectivity index is 0.000000312. The van der Waals surface area contributed by atoms with Crippen LogP contribution in [0, 0.1) is 10.2 Å². The second kappa shape index (κ2) is 7.17. The molecule has 0 fully saturated rings. The van der Waals surface area contributed by atoms with Gasteiger partial charge in [-0.15, -0.1) is 10.2 Å². The summed E-state index contributed by atoms with van der Waals surface area (Å²) in [5.74, 6) is 0. The Labute approximate surface area is 112 Å². The summed E-state index contributed by atoms with van der Waals surface area (Å²) in [6.45, 7) is 2.77. The number of hydrogen-bond donors (Lipinski definition) is 0. The summed E-state index contributed by atoms with van der Waals surface area (Å²) >= 11 is 0. The maximum Gasteiger partial charge on any atom is 0.352 e.